The summed E-state index contributed by atoms with van der Waals surface area (Å²) in [4.78, 5) is 9.65. The predicted octanol–water partition coefficient (Wildman–Crippen LogP) is 1.59. The van der Waals surface area contributed by atoms with Crippen LogP contribution in [0.25, 0.3) is 0 Å². The molecule has 0 rings (SSSR count). The molecule has 0 fully saturated rings. The van der Waals surface area contributed by atoms with Crippen LogP contribution in [0.1, 0.15) is 6.42 Å². The minimum absolute atomic E-state index is 0.0141. The molecule has 0 saturated carbocycles. The van der Waals surface area contributed by atoms with E-state index >= 15 is 0 Å². The summed E-state index contributed by atoms with van der Waals surface area (Å²) in [5.74, 6) is 0. The standard InChI is InChI=1S/C6H4F3NO/c7-6(8,9)5(1-3-10)2-4-11/h2,4H,1H2/b5-2+. The lowest BCUT2D eigenvalue weighted by atomic mass is 10.2. The highest BCUT2D eigenvalue weighted by atomic mass is 19.4. The Hall–Kier alpha value is -1.31. The van der Waals surface area contributed by atoms with Gasteiger partial charge in [-0.1, -0.05) is 0 Å². The highest BCUT2D eigenvalue weighted by Crippen LogP contribution is 2.26. The fourth-order valence-electron chi connectivity index (χ4n) is 0.421. The molecular formula is C6H4F3NO. The second kappa shape index (κ2) is 3.76. The fraction of sp³-hybridized carbons (Fsp3) is 0.333. The van der Waals surface area contributed by atoms with Crippen molar-refractivity contribution in [3.8, 4) is 6.07 Å². The number of nitriles is 1. The third kappa shape index (κ3) is 3.40. The zero-order chi connectivity index (χ0) is 8.91. The van der Waals surface area contributed by atoms with E-state index in [-0.39, 0.29) is 6.29 Å². The van der Waals surface area contributed by atoms with Crippen molar-refractivity contribution in [2.75, 3.05) is 0 Å². The number of nitrogens with zero attached hydrogens (tertiary/aromatic N) is 1. The lowest BCUT2D eigenvalue weighted by Gasteiger charge is -2.05. The van der Waals surface area contributed by atoms with Gasteiger partial charge < -0.3 is 0 Å². The minimum atomic E-state index is -4.57. The van der Waals surface area contributed by atoms with Gasteiger partial charge in [0, 0.05) is 0 Å². The van der Waals surface area contributed by atoms with Crippen LogP contribution >= 0.6 is 0 Å². The van der Waals surface area contributed by atoms with Gasteiger partial charge in [-0.2, -0.15) is 18.4 Å². The van der Waals surface area contributed by atoms with Crippen molar-refractivity contribution >= 4 is 6.29 Å². The summed E-state index contributed by atoms with van der Waals surface area (Å²) in [6.45, 7) is 0. The second-order valence-electron chi connectivity index (χ2n) is 1.66. The molecule has 0 aromatic heterocycles. The number of carbonyl (C=O) groups is 1. The molecule has 0 aromatic carbocycles. The van der Waals surface area contributed by atoms with E-state index in [1.165, 1.54) is 6.07 Å². The molecule has 0 aliphatic heterocycles. The SMILES string of the molecule is N#CC/C(=C\C=O)C(F)(F)F. The van der Waals surface area contributed by atoms with E-state index < -0.39 is 18.2 Å². The summed E-state index contributed by atoms with van der Waals surface area (Å²) < 4.78 is 35.1. The van der Waals surface area contributed by atoms with E-state index in [1.807, 2.05) is 0 Å². The first-order valence-corrected chi connectivity index (χ1v) is 2.61. The first-order chi connectivity index (χ1) is 5.02. The van der Waals surface area contributed by atoms with Crippen molar-refractivity contribution in [2.24, 2.45) is 0 Å². The molecule has 0 heterocycles. The van der Waals surface area contributed by atoms with Crippen LogP contribution in [0.4, 0.5) is 13.2 Å². The zero-order valence-corrected chi connectivity index (χ0v) is 5.35. The maximum absolute atomic E-state index is 11.7. The third-order valence-corrected chi connectivity index (χ3v) is 0.903. The van der Waals surface area contributed by atoms with Gasteiger partial charge in [-0.15, -0.1) is 0 Å². The largest absolute Gasteiger partial charge is 0.413 e. The molecule has 0 aromatic rings. The van der Waals surface area contributed by atoms with E-state index in [2.05, 4.69) is 0 Å². The quantitative estimate of drug-likeness (QED) is 0.458. The number of hydrogen-bond acceptors (Lipinski definition) is 2. The molecule has 0 radical (unpaired) electrons. The van der Waals surface area contributed by atoms with Crippen LogP contribution in [0.5, 0.6) is 0 Å². The van der Waals surface area contributed by atoms with E-state index in [1.54, 1.807) is 0 Å². The van der Waals surface area contributed by atoms with Crippen molar-refractivity contribution in [1.29, 1.82) is 5.26 Å². The molecule has 0 spiro atoms. The third-order valence-electron chi connectivity index (χ3n) is 0.903. The summed E-state index contributed by atoms with van der Waals surface area (Å²) >= 11 is 0. The van der Waals surface area contributed by atoms with Crippen molar-refractivity contribution in [1.82, 2.24) is 0 Å². The molecule has 0 amide bonds. The van der Waals surface area contributed by atoms with Crippen molar-refractivity contribution in [3.05, 3.63) is 11.6 Å². The van der Waals surface area contributed by atoms with Gasteiger partial charge in [0.1, 0.15) is 6.29 Å². The van der Waals surface area contributed by atoms with E-state index in [0.717, 1.165) is 0 Å². The summed E-state index contributed by atoms with van der Waals surface area (Å²) in [6.07, 6.45) is -5.00. The minimum Gasteiger partial charge on any atom is -0.299 e. The molecule has 2 nitrogen and oxygen atoms in total. The summed E-state index contributed by atoms with van der Waals surface area (Å²) in [7, 11) is 0. The van der Waals surface area contributed by atoms with Crippen molar-refractivity contribution in [3.63, 3.8) is 0 Å². The van der Waals surface area contributed by atoms with Gasteiger partial charge in [-0.05, 0) is 6.08 Å². The molecular weight excluding hydrogens is 159 g/mol. The maximum Gasteiger partial charge on any atom is 0.413 e. The fourth-order valence-corrected chi connectivity index (χ4v) is 0.421. The Kier molecular flexibility index (Phi) is 3.31. The van der Waals surface area contributed by atoms with Gasteiger partial charge in [0.25, 0.3) is 0 Å². The molecule has 0 atom stereocenters. The lowest BCUT2D eigenvalue weighted by Crippen LogP contribution is -2.11. The van der Waals surface area contributed by atoms with Gasteiger partial charge in [-0.25, -0.2) is 0 Å². The molecule has 11 heavy (non-hydrogen) atoms. The summed E-state index contributed by atoms with van der Waals surface area (Å²) in [6, 6.07) is 1.31. The van der Waals surface area contributed by atoms with Crippen LogP contribution in [0.2, 0.25) is 0 Å². The maximum atomic E-state index is 11.7. The van der Waals surface area contributed by atoms with E-state index in [9.17, 15) is 18.0 Å². The summed E-state index contributed by atoms with van der Waals surface area (Å²) in [5.41, 5.74) is -1.12. The molecule has 0 aliphatic rings. The Morgan fingerprint density at radius 3 is 2.36 bits per heavy atom. The number of hydrogen-bond donors (Lipinski definition) is 0. The number of alkyl halides is 3. The van der Waals surface area contributed by atoms with Crippen LogP contribution in [-0.4, -0.2) is 12.5 Å². The lowest BCUT2D eigenvalue weighted by molar-refractivity contribution is -0.106. The molecule has 0 bridgehead atoms. The smallest absolute Gasteiger partial charge is 0.299 e. The highest BCUT2D eigenvalue weighted by molar-refractivity contribution is 5.66. The van der Waals surface area contributed by atoms with Crippen LogP contribution < -0.4 is 0 Å². The molecule has 60 valence electrons. The van der Waals surface area contributed by atoms with Gasteiger partial charge in [0.2, 0.25) is 0 Å². The van der Waals surface area contributed by atoms with E-state index in [0.29, 0.717) is 6.08 Å². The molecule has 0 unspecified atom stereocenters. The zero-order valence-electron chi connectivity index (χ0n) is 5.35. The van der Waals surface area contributed by atoms with Crippen molar-refractivity contribution in [2.45, 2.75) is 12.6 Å². The second-order valence-corrected chi connectivity index (χ2v) is 1.66. The van der Waals surface area contributed by atoms with Crippen LogP contribution in [0.15, 0.2) is 11.6 Å². The Labute approximate surface area is 60.9 Å². The van der Waals surface area contributed by atoms with Crippen LogP contribution in [0.3, 0.4) is 0 Å². The van der Waals surface area contributed by atoms with Gasteiger partial charge in [-0.3, -0.25) is 4.79 Å². The number of carbonyl (C=O) groups excluding carboxylic acids is 1. The average Bonchev–Trinajstić information content (AvgIpc) is 1.85. The molecule has 5 heteroatoms. The number of halogens is 3. The number of rotatable bonds is 2. The molecule has 0 saturated heterocycles. The summed E-state index contributed by atoms with van der Waals surface area (Å²) in [5, 5.41) is 7.92. The average molecular weight is 163 g/mol. The van der Waals surface area contributed by atoms with Gasteiger partial charge in [0.15, 0.2) is 0 Å². The molecule has 0 aliphatic carbocycles. The van der Waals surface area contributed by atoms with E-state index in [4.69, 9.17) is 5.26 Å². The molecule has 0 N–H and O–H groups in total. The van der Waals surface area contributed by atoms with Crippen LogP contribution in [0, 0.1) is 11.3 Å². The number of allylic oxidation sites excluding steroid dienone is 2. The topological polar surface area (TPSA) is 40.9 Å². The highest BCUT2D eigenvalue weighted by Gasteiger charge is 2.32. The first-order valence-electron chi connectivity index (χ1n) is 2.61. The van der Waals surface area contributed by atoms with Gasteiger partial charge >= 0.3 is 6.18 Å². The monoisotopic (exact) mass is 163 g/mol. The Morgan fingerprint density at radius 1 is 1.55 bits per heavy atom. The Balaban J connectivity index is 4.50. The van der Waals surface area contributed by atoms with Crippen molar-refractivity contribution < 1.29 is 18.0 Å². The Morgan fingerprint density at radius 2 is 2.09 bits per heavy atom. The number of aldehydes is 1. The predicted molar refractivity (Wildman–Crippen MR) is 30.4 cm³/mol. The van der Waals surface area contributed by atoms with Gasteiger partial charge in [0.05, 0.1) is 18.1 Å². The first kappa shape index (κ1) is 9.69. The normalized spacial score (nSPS) is 12.4. The van der Waals surface area contributed by atoms with Crippen LogP contribution in [-0.2, 0) is 4.79 Å². The Bertz CT molecular complexity index is 211.